The SMILES string of the molecule is CCOc1cccc(C(=O)c2ncc(C(=N)N(C)C)c3cc(OC)c(OC)cc23)c1. The smallest absolute Gasteiger partial charge is 0.212 e. The molecule has 1 aromatic heterocycles. The molecular formula is C23H25N3O4. The topological polar surface area (TPSA) is 84.7 Å². The molecule has 0 aliphatic rings. The van der Waals surface area contributed by atoms with Crippen LogP contribution < -0.4 is 14.2 Å². The van der Waals surface area contributed by atoms with Crippen LogP contribution in [0.1, 0.15) is 28.5 Å². The lowest BCUT2D eigenvalue weighted by Gasteiger charge is -2.18. The number of ketones is 1. The number of carbonyl (C=O) groups is 1. The second-order valence-corrected chi connectivity index (χ2v) is 6.81. The van der Waals surface area contributed by atoms with Crippen LogP contribution in [0.5, 0.6) is 17.2 Å². The first-order valence-electron chi connectivity index (χ1n) is 9.49. The standard InChI is InChI=1S/C23H25N3O4/c1-6-30-15-9-7-8-14(10-15)22(27)21-17-12-20(29-5)19(28-4)11-16(17)18(13-25-21)23(24)26(2)3/h7-13,24H,6H2,1-5H3. The van der Waals surface area contributed by atoms with Crippen LogP contribution in [0.4, 0.5) is 0 Å². The number of ether oxygens (including phenoxy) is 3. The van der Waals surface area contributed by atoms with Crippen LogP contribution in [0.2, 0.25) is 0 Å². The fourth-order valence-corrected chi connectivity index (χ4v) is 3.21. The zero-order chi connectivity index (χ0) is 21.8. The van der Waals surface area contributed by atoms with Crippen molar-refractivity contribution in [3.05, 3.63) is 59.4 Å². The van der Waals surface area contributed by atoms with Gasteiger partial charge in [-0.25, -0.2) is 0 Å². The van der Waals surface area contributed by atoms with Crippen molar-refractivity contribution in [1.29, 1.82) is 5.41 Å². The van der Waals surface area contributed by atoms with Crippen LogP contribution in [-0.2, 0) is 0 Å². The van der Waals surface area contributed by atoms with Gasteiger partial charge in [0.15, 0.2) is 11.5 Å². The average Bonchev–Trinajstić information content (AvgIpc) is 2.76. The number of methoxy groups -OCH3 is 2. The van der Waals surface area contributed by atoms with Crippen LogP contribution in [0.25, 0.3) is 10.8 Å². The van der Waals surface area contributed by atoms with Crippen LogP contribution in [0, 0.1) is 5.41 Å². The molecule has 0 fully saturated rings. The molecule has 0 bridgehead atoms. The molecule has 156 valence electrons. The van der Waals surface area contributed by atoms with Gasteiger partial charge in [0, 0.05) is 42.2 Å². The summed E-state index contributed by atoms with van der Waals surface area (Å²) in [4.78, 5) is 19.5. The number of nitrogens with zero attached hydrogens (tertiary/aromatic N) is 2. The Morgan fingerprint density at radius 3 is 2.33 bits per heavy atom. The van der Waals surface area contributed by atoms with Gasteiger partial charge in [-0.1, -0.05) is 12.1 Å². The van der Waals surface area contributed by atoms with Gasteiger partial charge in [0.05, 0.1) is 20.8 Å². The predicted molar refractivity (Wildman–Crippen MR) is 116 cm³/mol. The van der Waals surface area contributed by atoms with Gasteiger partial charge < -0.3 is 19.1 Å². The van der Waals surface area contributed by atoms with Gasteiger partial charge in [0.25, 0.3) is 0 Å². The third-order valence-corrected chi connectivity index (χ3v) is 4.72. The fourth-order valence-electron chi connectivity index (χ4n) is 3.21. The molecule has 0 spiro atoms. The molecule has 0 saturated carbocycles. The van der Waals surface area contributed by atoms with E-state index in [4.69, 9.17) is 19.6 Å². The lowest BCUT2D eigenvalue weighted by atomic mass is 9.98. The van der Waals surface area contributed by atoms with Crippen molar-refractivity contribution in [3.8, 4) is 17.2 Å². The molecule has 0 aliphatic heterocycles. The number of fused-ring (bicyclic) bond motifs is 1. The third-order valence-electron chi connectivity index (χ3n) is 4.72. The van der Waals surface area contributed by atoms with Crippen LogP contribution in [-0.4, -0.2) is 56.4 Å². The number of hydrogen-bond donors (Lipinski definition) is 1. The summed E-state index contributed by atoms with van der Waals surface area (Å²) in [5.41, 5.74) is 1.34. The van der Waals surface area contributed by atoms with E-state index in [0.717, 1.165) is 0 Å². The molecule has 7 nitrogen and oxygen atoms in total. The molecule has 3 rings (SSSR count). The predicted octanol–water partition coefficient (Wildman–Crippen LogP) is 3.77. The minimum Gasteiger partial charge on any atom is -0.494 e. The summed E-state index contributed by atoms with van der Waals surface area (Å²) < 4.78 is 16.4. The van der Waals surface area contributed by atoms with Crippen LogP contribution >= 0.6 is 0 Å². The summed E-state index contributed by atoms with van der Waals surface area (Å²) in [6.45, 7) is 2.40. The highest BCUT2D eigenvalue weighted by Gasteiger charge is 2.21. The number of hydrogen-bond acceptors (Lipinski definition) is 6. The van der Waals surface area contributed by atoms with Crippen molar-refractivity contribution in [2.45, 2.75) is 6.92 Å². The molecule has 0 unspecified atom stereocenters. The van der Waals surface area contributed by atoms with Gasteiger partial charge in [0.2, 0.25) is 5.78 Å². The molecule has 7 heteroatoms. The first-order chi connectivity index (χ1) is 14.4. The molecule has 0 atom stereocenters. The van der Waals surface area contributed by atoms with Crippen molar-refractivity contribution >= 4 is 22.4 Å². The monoisotopic (exact) mass is 407 g/mol. The van der Waals surface area contributed by atoms with Crippen molar-refractivity contribution in [3.63, 3.8) is 0 Å². The van der Waals surface area contributed by atoms with E-state index in [9.17, 15) is 4.79 Å². The van der Waals surface area contributed by atoms with E-state index in [1.54, 1.807) is 68.7 Å². The number of nitrogens with one attached hydrogen (secondary N) is 1. The quantitative estimate of drug-likeness (QED) is 0.365. The summed E-state index contributed by atoms with van der Waals surface area (Å²) in [6.07, 6.45) is 1.55. The minimum absolute atomic E-state index is 0.239. The van der Waals surface area contributed by atoms with Gasteiger partial charge >= 0.3 is 0 Å². The molecule has 30 heavy (non-hydrogen) atoms. The van der Waals surface area contributed by atoms with Gasteiger partial charge in [-0.2, -0.15) is 0 Å². The Morgan fingerprint density at radius 1 is 1.07 bits per heavy atom. The van der Waals surface area contributed by atoms with E-state index >= 15 is 0 Å². The normalized spacial score (nSPS) is 10.6. The summed E-state index contributed by atoms with van der Waals surface area (Å²) in [6, 6.07) is 10.5. The lowest BCUT2D eigenvalue weighted by molar-refractivity contribution is 0.103. The number of amidine groups is 1. The maximum absolute atomic E-state index is 13.3. The first-order valence-corrected chi connectivity index (χ1v) is 9.49. The van der Waals surface area contributed by atoms with E-state index in [2.05, 4.69) is 4.98 Å². The van der Waals surface area contributed by atoms with Crippen LogP contribution in [0.15, 0.2) is 42.6 Å². The van der Waals surface area contributed by atoms with Crippen molar-refractivity contribution in [2.24, 2.45) is 0 Å². The molecule has 0 amide bonds. The number of rotatable bonds is 7. The van der Waals surface area contributed by atoms with E-state index in [1.165, 1.54) is 7.11 Å². The maximum atomic E-state index is 13.3. The summed E-state index contributed by atoms with van der Waals surface area (Å²) in [5.74, 6) is 1.66. The first kappa shape index (κ1) is 21.1. The minimum atomic E-state index is -0.239. The Labute approximate surface area is 175 Å². The highest BCUT2D eigenvalue weighted by atomic mass is 16.5. The van der Waals surface area contributed by atoms with Crippen LogP contribution in [0.3, 0.4) is 0 Å². The molecule has 0 radical (unpaired) electrons. The molecular weight excluding hydrogens is 382 g/mol. The highest BCUT2D eigenvalue weighted by molar-refractivity contribution is 6.18. The van der Waals surface area contributed by atoms with E-state index in [0.29, 0.717) is 45.8 Å². The molecule has 1 N–H and O–H groups in total. The number of carbonyl (C=O) groups excluding carboxylic acids is 1. The van der Waals surface area contributed by atoms with Gasteiger partial charge in [0.1, 0.15) is 17.3 Å². The Balaban J connectivity index is 2.24. The van der Waals surface area contributed by atoms with Gasteiger partial charge in [-0.05, 0) is 31.2 Å². The highest BCUT2D eigenvalue weighted by Crippen LogP contribution is 2.35. The van der Waals surface area contributed by atoms with Crippen molar-refractivity contribution < 1.29 is 19.0 Å². The molecule has 3 aromatic rings. The van der Waals surface area contributed by atoms with E-state index in [-0.39, 0.29) is 17.3 Å². The maximum Gasteiger partial charge on any atom is 0.212 e. The second-order valence-electron chi connectivity index (χ2n) is 6.81. The average molecular weight is 407 g/mol. The Morgan fingerprint density at radius 2 is 1.73 bits per heavy atom. The molecule has 0 aliphatic carbocycles. The van der Waals surface area contributed by atoms with Crippen molar-refractivity contribution in [1.82, 2.24) is 9.88 Å². The summed E-state index contributed by atoms with van der Waals surface area (Å²) >= 11 is 0. The third kappa shape index (κ3) is 3.91. The lowest BCUT2D eigenvalue weighted by Crippen LogP contribution is -2.22. The second kappa shape index (κ2) is 8.82. The van der Waals surface area contributed by atoms with Gasteiger partial charge in [-0.3, -0.25) is 15.2 Å². The number of benzene rings is 2. The summed E-state index contributed by atoms with van der Waals surface area (Å²) in [7, 11) is 6.66. The molecule has 0 saturated heterocycles. The number of pyridine rings is 1. The van der Waals surface area contributed by atoms with Crippen molar-refractivity contribution in [2.75, 3.05) is 34.9 Å². The number of aromatic nitrogens is 1. The zero-order valence-corrected chi connectivity index (χ0v) is 17.8. The molecule has 1 heterocycles. The summed E-state index contributed by atoms with van der Waals surface area (Å²) in [5, 5.41) is 9.69. The van der Waals surface area contributed by atoms with E-state index < -0.39 is 0 Å². The Hall–Kier alpha value is -3.61. The fraction of sp³-hybridized carbons (Fsp3) is 0.261. The zero-order valence-electron chi connectivity index (χ0n) is 17.8. The van der Waals surface area contributed by atoms with E-state index in [1.807, 2.05) is 6.92 Å². The van der Waals surface area contributed by atoms with Gasteiger partial charge in [-0.15, -0.1) is 0 Å². The Kier molecular flexibility index (Phi) is 6.20. The Bertz CT molecular complexity index is 1110. The molecule has 2 aromatic carbocycles. The largest absolute Gasteiger partial charge is 0.494 e.